The lowest BCUT2D eigenvalue weighted by Crippen LogP contribution is -2.43. The van der Waals surface area contributed by atoms with Crippen LogP contribution in [0.2, 0.25) is 0 Å². The van der Waals surface area contributed by atoms with E-state index in [4.69, 9.17) is 20.4 Å². The first kappa shape index (κ1) is 30.6. The Kier molecular flexibility index (Phi) is 13.9. The van der Waals surface area contributed by atoms with Crippen LogP contribution in [0.5, 0.6) is 0 Å². The van der Waals surface area contributed by atoms with Crippen LogP contribution >= 0.6 is 11.8 Å². The van der Waals surface area contributed by atoms with E-state index in [0.29, 0.717) is 11.8 Å². The second-order valence-corrected chi connectivity index (χ2v) is 8.07. The van der Waals surface area contributed by atoms with Gasteiger partial charge in [-0.15, -0.1) is 0 Å². The third-order valence-corrected chi connectivity index (χ3v) is 4.51. The van der Waals surface area contributed by atoms with Crippen molar-refractivity contribution in [3.8, 4) is 0 Å². The van der Waals surface area contributed by atoms with E-state index in [9.17, 15) is 38.4 Å². The highest BCUT2D eigenvalue weighted by molar-refractivity contribution is 8.26. The molecule has 0 saturated carbocycles. The van der Waals surface area contributed by atoms with Crippen LogP contribution in [0.25, 0.3) is 0 Å². The molecule has 0 atom stereocenters. The van der Waals surface area contributed by atoms with Crippen LogP contribution in [0, 0.1) is 0 Å². The summed E-state index contributed by atoms with van der Waals surface area (Å²) >= 11 is 0.521. The number of aliphatic carboxylic acids is 4. The van der Waals surface area contributed by atoms with Gasteiger partial charge >= 0.3 is 23.9 Å². The lowest BCUT2D eigenvalue weighted by molar-refractivity contribution is -0.145. The van der Waals surface area contributed by atoms with Crippen molar-refractivity contribution in [2.75, 3.05) is 45.8 Å². The number of likely N-dealkylation sites (tertiary alicyclic amines) is 1. The van der Waals surface area contributed by atoms with Gasteiger partial charge in [0.05, 0.1) is 32.7 Å². The Morgan fingerprint density at radius 1 is 0.735 bits per heavy atom. The number of carbonyl (C=O) groups excluding carboxylic acids is 4. The van der Waals surface area contributed by atoms with E-state index in [2.05, 4.69) is 0 Å². The molecule has 1 aliphatic rings. The van der Waals surface area contributed by atoms with Gasteiger partial charge in [-0.05, 0) is 11.8 Å². The summed E-state index contributed by atoms with van der Waals surface area (Å²) in [6.45, 7) is -1.28. The van der Waals surface area contributed by atoms with Crippen LogP contribution in [-0.2, 0) is 38.4 Å². The average molecular weight is 507 g/mol. The maximum atomic E-state index is 11.1. The molecule has 0 bridgehead atoms. The monoisotopic (exact) mass is 507 g/mol. The molecule has 34 heavy (non-hydrogen) atoms. The first-order valence-electron chi connectivity index (χ1n) is 9.57. The van der Waals surface area contributed by atoms with Crippen molar-refractivity contribution in [1.29, 1.82) is 0 Å². The Bertz CT molecular complexity index is 747. The molecule has 16 heteroatoms. The number of carboxylic acids is 4. The zero-order valence-electron chi connectivity index (χ0n) is 18.2. The summed E-state index contributed by atoms with van der Waals surface area (Å²) in [6, 6.07) is 0. The number of imide groups is 1. The molecule has 0 spiro atoms. The molecule has 1 saturated heterocycles. The zero-order chi connectivity index (χ0) is 26.4. The van der Waals surface area contributed by atoms with Gasteiger partial charge in [-0.25, -0.2) is 0 Å². The zero-order valence-corrected chi connectivity index (χ0v) is 19.0. The van der Waals surface area contributed by atoms with E-state index in [0.717, 1.165) is 14.7 Å². The molecule has 1 aliphatic heterocycles. The smallest absolute Gasteiger partial charge is 0.317 e. The number of rotatable bonds is 13. The van der Waals surface area contributed by atoms with Crippen molar-refractivity contribution < 1.29 is 58.8 Å². The molecule has 15 nitrogen and oxygen atoms in total. The summed E-state index contributed by atoms with van der Waals surface area (Å²) in [5.74, 6) is -5.59. The van der Waals surface area contributed by atoms with Gasteiger partial charge < -0.3 is 20.4 Å². The molecular formula is C18H25N3O12S. The first-order chi connectivity index (χ1) is 15.7. The lowest BCUT2D eigenvalue weighted by atomic mass is 10.4. The van der Waals surface area contributed by atoms with E-state index in [-0.39, 0.29) is 49.4 Å². The predicted molar refractivity (Wildman–Crippen MR) is 113 cm³/mol. The number of carboxylic acid groups (broad SMARTS) is 4. The van der Waals surface area contributed by atoms with Gasteiger partial charge in [0.2, 0.25) is 16.9 Å². The standard InChI is InChI=1S/C10H16N2O8.C8H9NO4S/c13-7(14)3-11(4-8(15)16)1-2-12(5-9(17)18)6-10(19)20;1-5(10)14-8(13)4-9-6(11)2-3-7(9)12/h1-6H2,(H,13,14)(H,15,16)(H,17,18)(H,19,20);2-4H2,1H3. The third-order valence-electron chi connectivity index (χ3n) is 3.87. The highest BCUT2D eigenvalue weighted by atomic mass is 32.2. The van der Waals surface area contributed by atoms with Crippen molar-refractivity contribution in [1.82, 2.24) is 14.7 Å². The summed E-state index contributed by atoms with van der Waals surface area (Å²) in [5.41, 5.74) is 0. The first-order valence-corrected chi connectivity index (χ1v) is 10.4. The summed E-state index contributed by atoms with van der Waals surface area (Å²) in [4.78, 5) is 89.0. The number of thioether (sulfide) groups is 1. The minimum Gasteiger partial charge on any atom is -0.480 e. The van der Waals surface area contributed by atoms with E-state index < -0.39 is 55.2 Å². The van der Waals surface area contributed by atoms with Crippen molar-refractivity contribution in [3.63, 3.8) is 0 Å². The van der Waals surface area contributed by atoms with Crippen molar-refractivity contribution in [2.45, 2.75) is 19.8 Å². The van der Waals surface area contributed by atoms with Crippen LogP contribution in [-0.4, -0.2) is 127 Å². The van der Waals surface area contributed by atoms with Crippen LogP contribution in [0.3, 0.4) is 0 Å². The van der Waals surface area contributed by atoms with E-state index >= 15 is 0 Å². The van der Waals surface area contributed by atoms with E-state index in [1.807, 2.05) is 0 Å². The fourth-order valence-electron chi connectivity index (χ4n) is 2.60. The fourth-order valence-corrected chi connectivity index (χ4v) is 3.11. The van der Waals surface area contributed by atoms with Gasteiger partial charge in [0.25, 0.3) is 0 Å². The lowest BCUT2D eigenvalue weighted by Gasteiger charge is -2.23. The molecule has 0 aromatic rings. The molecule has 4 N–H and O–H groups in total. The average Bonchev–Trinajstić information content (AvgIpc) is 2.96. The third kappa shape index (κ3) is 14.6. The minimum atomic E-state index is -1.23. The van der Waals surface area contributed by atoms with Gasteiger partial charge in [-0.1, -0.05) is 0 Å². The molecule has 0 unspecified atom stereocenters. The highest BCUT2D eigenvalue weighted by Gasteiger charge is 2.30. The molecule has 2 amide bonds. The molecule has 1 rings (SSSR count). The Morgan fingerprint density at radius 2 is 1.06 bits per heavy atom. The number of hydrogen-bond donors (Lipinski definition) is 4. The highest BCUT2D eigenvalue weighted by Crippen LogP contribution is 2.13. The quantitative estimate of drug-likeness (QED) is 0.195. The van der Waals surface area contributed by atoms with Crippen molar-refractivity contribution >= 4 is 57.7 Å². The summed E-state index contributed by atoms with van der Waals surface area (Å²) in [6.07, 6.45) is 0.327. The number of amides is 2. The van der Waals surface area contributed by atoms with E-state index in [1.165, 1.54) is 6.92 Å². The van der Waals surface area contributed by atoms with Crippen LogP contribution < -0.4 is 0 Å². The second-order valence-electron chi connectivity index (χ2n) is 6.84. The van der Waals surface area contributed by atoms with Crippen molar-refractivity contribution in [3.05, 3.63) is 0 Å². The van der Waals surface area contributed by atoms with E-state index in [1.54, 1.807) is 0 Å². The van der Waals surface area contributed by atoms with Crippen LogP contribution in [0.15, 0.2) is 0 Å². The predicted octanol–water partition coefficient (Wildman–Crippen LogP) is -2.13. The molecule has 0 aromatic carbocycles. The second kappa shape index (κ2) is 15.5. The largest absolute Gasteiger partial charge is 0.480 e. The summed E-state index contributed by atoms with van der Waals surface area (Å²) in [5, 5.41) is 33.7. The van der Waals surface area contributed by atoms with Crippen LogP contribution in [0.4, 0.5) is 0 Å². The minimum absolute atomic E-state index is 0.0703. The van der Waals surface area contributed by atoms with Gasteiger partial charge in [-0.3, -0.25) is 53.1 Å². The molecule has 0 aromatic heterocycles. The Morgan fingerprint density at radius 3 is 1.32 bits per heavy atom. The molecule has 1 heterocycles. The summed E-state index contributed by atoms with van der Waals surface area (Å²) in [7, 11) is 0. The van der Waals surface area contributed by atoms with Crippen LogP contribution in [0.1, 0.15) is 19.8 Å². The fraction of sp³-hybridized carbons (Fsp3) is 0.556. The number of carbonyl (C=O) groups is 8. The van der Waals surface area contributed by atoms with Gasteiger partial charge in [-0.2, -0.15) is 0 Å². The molecule has 1 fully saturated rings. The number of nitrogens with zero attached hydrogens (tertiary/aromatic N) is 3. The van der Waals surface area contributed by atoms with Gasteiger partial charge in [0.1, 0.15) is 0 Å². The topological polar surface area (TPSA) is 227 Å². The molecule has 0 aliphatic carbocycles. The Hall–Kier alpha value is -3.37. The van der Waals surface area contributed by atoms with Gasteiger partial charge in [0.15, 0.2) is 5.12 Å². The van der Waals surface area contributed by atoms with Crippen molar-refractivity contribution in [2.24, 2.45) is 0 Å². The van der Waals surface area contributed by atoms with Gasteiger partial charge in [0, 0.05) is 32.9 Å². The molecule has 190 valence electrons. The molecule has 0 radical (unpaired) electrons. The Balaban J connectivity index is 0.000000679. The summed E-state index contributed by atoms with van der Waals surface area (Å²) < 4.78 is 0. The normalized spacial score (nSPS) is 13.0. The molecular weight excluding hydrogens is 482 g/mol. The Labute approximate surface area is 197 Å². The maximum absolute atomic E-state index is 11.1. The number of hydrogen-bond acceptors (Lipinski definition) is 11. The SMILES string of the molecule is CC(=O)SC(=O)CN1C(=O)CCC1=O.O=C(O)CN(CCN(CC(=O)O)CC(=O)O)CC(=O)O. The maximum Gasteiger partial charge on any atom is 0.317 e.